The van der Waals surface area contributed by atoms with Crippen molar-refractivity contribution < 1.29 is 0 Å². The van der Waals surface area contributed by atoms with Crippen molar-refractivity contribution in [3.05, 3.63) is 83.1 Å². The summed E-state index contributed by atoms with van der Waals surface area (Å²) < 4.78 is 0. The molecular formula is C22H26N2. The van der Waals surface area contributed by atoms with Crippen LogP contribution < -0.4 is 10.6 Å². The molecule has 1 aliphatic heterocycles. The molecule has 0 bridgehead atoms. The highest BCUT2D eigenvalue weighted by atomic mass is 14.9. The lowest BCUT2D eigenvalue weighted by Gasteiger charge is -2.21. The van der Waals surface area contributed by atoms with Crippen LogP contribution in [-0.2, 0) is 19.4 Å². The first-order chi connectivity index (χ1) is 11.6. The standard InChI is InChI=1S/C22H26N2/c1-5-19-10-11-21(12-15(19)2)17(4)23-14-18-7-9-20-8-6-16(3)24-22(20)13-18/h7,9-13,23-24H,3-6,8,14H2,1-2H3. The molecule has 2 N–H and O–H groups in total. The Labute approximate surface area is 145 Å². The van der Waals surface area contributed by atoms with Crippen molar-refractivity contribution in [3.63, 3.8) is 0 Å². The predicted molar refractivity (Wildman–Crippen MR) is 104 cm³/mol. The van der Waals surface area contributed by atoms with Crippen LogP contribution in [0.2, 0.25) is 0 Å². The number of allylic oxidation sites excluding steroid dienone is 1. The Kier molecular flexibility index (Phi) is 4.75. The summed E-state index contributed by atoms with van der Waals surface area (Å²) in [5.74, 6) is 0. The zero-order valence-corrected chi connectivity index (χ0v) is 14.7. The van der Waals surface area contributed by atoms with Gasteiger partial charge in [-0.2, -0.15) is 0 Å². The smallest absolute Gasteiger partial charge is 0.0417 e. The van der Waals surface area contributed by atoms with Crippen LogP contribution in [0.15, 0.2) is 55.3 Å². The molecule has 0 unspecified atom stereocenters. The van der Waals surface area contributed by atoms with E-state index in [2.05, 4.69) is 74.0 Å². The third-order valence-electron chi connectivity index (χ3n) is 4.76. The lowest BCUT2D eigenvalue weighted by atomic mass is 9.99. The van der Waals surface area contributed by atoms with Crippen LogP contribution in [0.3, 0.4) is 0 Å². The fraction of sp³-hybridized carbons (Fsp3) is 0.273. The van der Waals surface area contributed by atoms with Gasteiger partial charge in [0.2, 0.25) is 0 Å². The average Bonchev–Trinajstić information content (AvgIpc) is 2.59. The van der Waals surface area contributed by atoms with Gasteiger partial charge in [0.25, 0.3) is 0 Å². The van der Waals surface area contributed by atoms with E-state index >= 15 is 0 Å². The Morgan fingerprint density at radius 3 is 2.75 bits per heavy atom. The molecule has 0 saturated carbocycles. The van der Waals surface area contributed by atoms with Gasteiger partial charge in [0.1, 0.15) is 0 Å². The van der Waals surface area contributed by atoms with Crippen molar-refractivity contribution in [2.75, 3.05) is 5.32 Å². The lowest BCUT2D eigenvalue weighted by molar-refractivity contribution is 0.879. The van der Waals surface area contributed by atoms with Crippen LogP contribution >= 0.6 is 0 Å². The minimum absolute atomic E-state index is 0.773. The number of hydrogen-bond acceptors (Lipinski definition) is 2. The van der Waals surface area contributed by atoms with Crippen LogP contribution in [0.1, 0.15) is 41.2 Å². The van der Waals surface area contributed by atoms with E-state index in [0.717, 1.165) is 42.8 Å². The third kappa shape index (κ3) is 3.53. The van der Waals surface area contributed by atoms with Gasteiger partial charge in [-0.3, -0.25) is 0 Å². The van der Waals surface area contributed by atoms with Crippen LogP contribution in [0.25, 0.3) is 5.70 Å². The van der Waals surface area contributed by atoms with Gasteiger partial charge in [0.05, 0.1) is 0 Å². The summed E-state index contributed by atoms with van der Waals surface area (Å²) in [6, 6.07) is 13.2. The second-order valence-corrected chi connectivity index (χ2v) is 6.55. The largest absolute Gasteiger partial charge is 0.381 e. The number of benzene rings is 2. The summed E-state index contributed by atoms with van der Waals surface area (Å²) >= 11 is 0. The van der Waals surface area contributed by atoms with Gasteiger partial charge in [-0.05, 0) is 66.1 Å². The van der Waals surface area contributed by atoms with Gasteiger partial charge in [-0.15, -0.1) is 0 Å². The number of hydrogen-bond donors (Lipinski definition) is 2. The van der Waals surface area contributed by atoms with E-state index in [1.165, 1.54) is 27.9 Å². The van der Waals surface area contributed by atoms with Crippen LogP contribution in [0.5, 0.6) is 0 Å². The molecule has 3 rings (SSSR count). The molecule has 2 aromatic carbocycles. The van der Waals surface area contributed by atoms with E-state index in [0.29, 0.717) is 0 Å². The Morgan fingerprint density at radius 2 is 2.00 bits per heavy atom. The molecule has 0 aliphatic carbocycles. The number of nitrogens with one attached hydrogen (secondary N) is 2. The van der Waals surface area contributed by atoms with E-state index < -0.39 is 0 Å². The molecule has 0 aromatic heterocycles. The van der Waals surface area contributed by atoms with Gasteiger partial charge < -0.3 is 10.6 Å². The van der Waals surface area contributed by atoms with Crippen LogP contribution in [0.4, 0.5) is 5.69 Å². The molecule has 0 fully saturated rings. The summed E-state index contributed by atoms with van der Waals surface area (Å²) in [6.07, 6.45) is 3.17. The highest BCUT2D eigenvalue weighted by molar-refractivity contribution is 5.63. The Balaban J connectivity index is 1.67. The normalized spacial score (nSPS) is 13.2. The molecular weight excluding hydrogens is 292 g/mol. The molecule has 0 radical (unpaired) electrons. The van der Waals surface area contributed by atoms with Crippen LogP contribution in [0, 0.1) is 6.92 Å². The van der Waals surface area contributed by atoms with Gasteiger partial charge in [0.15, 0.2) is 0 Å². The van der Waals surface area contributed by atoms with E-state index in [-0.39, 0.29) is 0 Å². The topological polar surface area (TPSA) is 24.1 Å². The molecule has 124 valence electrons. The van der Waals surface area contributed by atoms with Gasteiger partial charge in [-0.1, -0.05) is 44.3 Å². The molecule has 0 atom stereocenters. The molecule has 0 amide bonds. The second-order valence-electron chi connectivity index (χ2n) is 6.55. The molecule has 24 heavy (non-hydrogen) atoms. The Hall–Kier alpha value is -2.48. The molecule has 2 nitrogen and oxygen atoms in total. The van der Waals surface area contributed by atoms with Gasteiger partial charge in [-0.25, -0.2) is 0 Å². The maximum absolute atomic E-state index is 4.20. The van der Waals surface area contributed by atoms with Crippen molar-refractivity contribution in [2.45, 2.75) is 39.7 Å². The molecule has 1 aliphatic rings. The minimum atomic E-state index is 0.773. The maximum atomic E-state index is 4.20. The minimum Gasteiger partial charge on any atom is -0.381 e. The monoisotopic (exact) mass is 318 g/mol. The summed E-state index contributed by atoms with van der Waals surface area (Å²) in [7, 11) is 0. The SMILES string of the molecule is C=C1CCc2ccc(CNC(=C)c3ccc(CC)c(C)c3)cc2N1. The van der Waals surface area contributed by atoms with Crippen molar-refractivity contribution in [2.24, 2.45) is 0 Å². The molecule has 0 saturated heterocycles. The predicted octanol–water partition coefficient (Wildman–Crippen LogP) is 5.19. The third-order valence-corrected chi connectivity index (χ3v) is 4.76. The van der Waals surface area contributed by atoms with Gasteiger partial charge in [0, 0.05) is 23.6 Å². The lowest BCUT2D eigenvalue weighted by Crippen LogP contribution is -2.13. The zero-order valence-electron chi connectivity index (χ0n) is 14.7. The van der Waals surface area contributed by atoms with Crippen LogP contribution in [-0.4, -0.2) is 0 Å². The maximum Gasteiger partial charge on any atom is 0.0417 e. The number of rotatable bonds is 5. The average molecular weight is 318 g/mol. The second kappa shape index (κ2) is 6.96. The molecule has 2 aromatic rings. The van der Waals surface area contributed by atoms with Crippen molar-refractivity contribution in [1.82, 2.24) is 5.32 Å². The first kappa shape index (κ1) is 16.4. The summed E-state index contributed by atoms with van der Waals surface area (Å²) in [6.45, 7) is 13.4. The molecule has 2 heteroatoms. The number of anilines is 1. The number of fused-ring (bicyclic) bond motifs is 1. The van der Waals surface area contributed by atoms with E-state index in [1.807, 2.05) is 0 Å². The Morgan fingerprint density at radius 1 is 1.17 bits per heavy atom. The quantitative estimate of drug-likeness (QED) is 0.793. The van der Waals surface area contributed by atoms with Gasteiger partial charge >= 0.3 is 0 Å². The fourth-order valence-corrected chi connectivity index (χ4v) is 3.20. The Bertz CT molecular complexity index is 787. The van der Waals surface area contributed by atoms with Crippen molar-refractivity contribution >= 4 is 11.4 Å². The van der Waals surface area contributed by atoms with E-state index in [9.17, 15) is 0 Å². The first-order valence-corrected chi connectivity index (χ1v) is 8.66. The highest BCUT2D eigenvalue weighted by Crippen LogP contribution is 2.27. The van der Waals surface area contributed by atoms with E-state index in [4.69, 9.17) is 0 Å². The summed E-state index contributed by atoms with van der Waals surface area (Å²) in [5.41, 5.74) is 9.77. The zero-order chi connectivity index (χ0) is 17.1. The number of aryl methyl sites for hydroxylation is 3. The van der Waals surface area contributed by atoms with Crippen molar-refractivity contribution in [1.29, 1.82) is 0 Å². The molecule has 1 heterocycles. The highest BCUT2D eigenvalue weighted by Gasteiger charge is 2.11. The van der Waals surface area contributed by atoms with Crippen molar-refractivity contribution in [3.8, 4) is 0 Å². The van der Waals surface area contributed by atoms with E-state index in [1.54, 1.807) is 0 Å². The summed E-state index contributed by atoms with van der Waals surface area (Å²) in [4.78, 5) is 0. The summed E-state index contributed by atoms with van der Waals surface area (Å²) in [5, 5.41) is 6.85. The molecule has 0 spiro atoms. The first-order valence-electron chi connectivity index (χ1n) is 8.66. The fourth-order valence-electron chi connectivity index (χ4n) is 3.20.